The van der Waals surface area contributed by atoms with Crippen LogP contribution in [-0.2, 0) is 6.42 Å². The van der Waals surface area contributed by atoms with E-state index in [1.165, 1.54) is 5.56 Å². The predicted molar refractivity (Wildman–Crippen MR) is 139 cm³/mol. The van der Waals surface area contributed by atoms with Crippen molar-refractivity contribution in [2.24, 2.45) is 0 Å². The molecule has 1 aromatic heterocycles. The molecule has 0 saturated carbocycles. The first-order chi connectivity index (χ1) is 16.7. The number of ether oxygens (including phenoxy) is 1. The van der Waals surface area contributed by atoms with Crippen LogP contribution < -0.4 is 10.1 Å². The highest BCUT2D eigenvalue weighted by atomic mass is 16.5. The van der Waals surface area contributed by atoms with Crippen LogP contribution in [0.4, 0.5) is 5.82 Å². The number of para-hydroxylation sites is 2. The second-order valence-corrected chi connectivity index (χ2v) is 8.42. The maximum absolute atomic E-state index is 5.93. The molecule has 0 saturated heterocycles. The van der Waals surface area contributed by atoms with Crippen molar-refractivity contribution >= 4 is 16.7 Å². The summed E-state index contributed by atoms with van der Waals surface area (Å²) in [6.45, 7) is 2.20. The van der Waals surface area contributed by atoms with Crippen LogP contribution in [0.3, 0.4) is 0 Å². The summed E-state index contributed by atoms with van der Waals surface area (Å²) in [6, 6.07) is 36.7. The van der Waals surface area contributed by atoms with Crippen molar-refractivity contribution in [2.75, 3.05) is 5.32 Å². The minimum absolute atomic E-state index is 0.271. The number of hydrogen-bond acceptors (Lipinski definition) is 4. The smallest absolute Gasteiger partial charge is 0.162 e. The Kier molecular flexibility index (Phi) is 6.48. The van der Waals surface area contributed by atoms with Gasteiger partial charge in [-0.05, 0) is 73.9 Å². The lowest BCUT2D eigenvalue weighted by molar-refractivity contribution is 0.483. The third kappa shape index (κ3) is 5.24. The van der Waals surface area contributed by atoms with Gasteiger partial charge in [0.25, 0.3) is 0 Å². The summed E-state index contributed by atoms with van der Waals surface area (Å²) in [7, 11) is 0. The van der Waals surface area contributed by atoms with Crippen LogP contribution in [0, 0.1) is 0 Å². The van der Waals surface area contributed by atoms with Crippen molar-refractivity contribution in [3.63, 3.8) is 0 Å². The van der Waals surface area contributed by atoms with Crippen molar-refractivity contribution in [2.45, 2.75) is 25.8 Å². The molecule has 5 rings (SSSR count). The van der Waals surface area contributed by atoms with Gasteiger partial charge in [0.1, 0.15) is 17.3 Å². The summed E-state index contributed by atoms with van der Waals surface area (Å²) < 4.78 is 5.93. The van der Waals surface area contributed by atoms with Gasteiger partial charge in [-0.25, -0.2) is 9.97 Å². The van der Waals surface area contributed by atoms with Gasteiger partial charge < -0.3 is 10.1 Å². The Morgan fingerprint density at radius 3 is 2.12 bits per heavy atom. The molecule has 1 heterocycles. The molecule has 0 radical (unpaired) electrons. The molecule has 34 heavy (non-hydrogen) atoms. The lowest BCUT2D eigenvalue weighted by atomic mass is 10.1. The average molecular weight is 446 g/mol. The first-order valence-electron chi connectivity index (χ1n) is 11.7. The number of nitrogens with one attached hydrogen (secondary N) is 1. The van der Waals surface area contributed by atoms with Crippen molar-refractivity contribution in [1.29, 1.82) is 0 Å². The Morgan fingerprint density at radius 1 is 0.706 bits per heavy atom. The maximum Gasteiger partial charge on any atom is 0.162 e. The number of nitrogens with zero attached hydrogens (tertiary/aromatic N) is 2. The first kappa shape index (κ1) is 21.7. The summed E-state index contributed by atoms with van der Waals surface area (Å²) in [5, 5.41) is 4.66. The molecule has 0 unspecified atom stereocenters. The topological polar surface area (TPSA) is 47.0 Å². The molecule has 0 aliphatic carbocycles. The molecule has 0 aliphatic heterocycles. The number of aryl methyl sites for hydroxylation is 1. The van der Waals surface area contributed by atoms with E-state index in [1.807, 2.05) is 72.8 Å². The van der Waals surface area contributed by atoms with Crippen LogP contribution in [0.15, 0.2) is 109 Å². The standard InChI is InChI=1S/C30H27N3O/c1-22(16-17-23-10-4-2-5-11-23)31-30-27-14-8-9-15-28(27)32-29(33-30)24-18-20-26(21-19-24)34-25-12-6-3-7-13-25/h2-15,18-22H,16-17H2,1H3,(H,31,32,33)/t22-/m0/s1. The fraction of sp³-hybridized carbons (Fsp3) is 0.133. The van der Waals surface area contributed by atoms with Gasteiger partial charge in [0.05, 0.1) is 5.52 Å². The lowest BCUT2D eigenvalue weighted by Gasteiger charge is -2.17. The molecule has 5 aromatic rings. The van der Waals surface area contributed by atoms with Crippen molar-refractivity contribution < 1.29 is 4.74 Å². The zero-order chi connectivity index (χ0) is 23.2. The summed E-state index contributed by atoms with van der Waals surface area (Å²) in [5.41, 5.74) is 3.23. The molecule has 1 N–H and O–H groups in total. The van der Waals surface area contributed by atoms with Crippen LogP contribution in [-0.4, -0.2) is 16.0 Å². The van der Waals surface area contributed by atoms with E-state index in [0.717, 1.165) is 46.6 Å². The van der Waals surface area contributed by atoms with Crippen LogP contribution in [0.1, 0.15) is 18.9 Å². The average Bonchev–Trinajstić information content (AvgIpc) is 2.89. The second kappa shape index (κ2) is 10.2. The molecule has 0 spiro atoms. The number of rotatable bonds is 8. The van der Waals surface area contributed by atoms with Gasteiger partial charge >= 0.3 is 0 Å². The summed E-state index contributed by atoms with van der Waals surface area (Å²) in [4.78, 5) is 9.75. The Morgan fingerprint density at radius 2 is 1.35 bits per heavy atom. The van der Waals surface area contributed by atoms with Gasteiger partial charge in [0, 0.05) is 17.0 Å². The van der Waals surface area contributed by atoms with Crippen molar-refractivity contribution in [3.8, 4) is 22.9 Å². The van der Waals surface area contributed by atoms with Crippen LogP contribution >= 0.6 is 0 Å². The van der Waals surface area contributed by atoms with E-state index in [4.69, 9.17) is 14.7 Å². The van der Waals surface area contributed by atoms with Crippen molar-refractivity contribution in [3.05, 3.63) is 115 Å². The van der Waals surface area contributed by atoms with Crippen LogP contribution in [0.2, 0.25) is 0 Å². The molecule has 4 nitrogen and oxygen atoms in total. The Balaban J connectivity index is 1.37. The van der Waals surface area contributed by atoms with Gasteiger partial charge in [0.2, 0.25) is 0 Å². The normalized spacial score (nSPS) is 11.8. The zero-order valence-corrected chi connectivity index (χ0v) is 19.2. The highest BCUT2D eigenvalue weighted by Crippen LogP contribution is 2.28. The quantitative estimate of drug-likeness (QED) is 0.268. The summed E-state index contributed by atoms with van der Waals surface area (Å²) in [5.74, 6) is 3.16. The lowest BCUT2D eigenvalue weighted by Crippen LogP contribution is -2.17. The molecule has 168 valence electrons. The third-order valence-electron chi connectivity index (χ3n) is 5.79. The fourth-order valence-electron chi connectivity index (χ4n) is 3.95. The Hall–Kier alpha value is -4.18. The molecule has 0 amide bonds. The zero-order valence-electron chi connectivity index (χ0n) is 19.2. The largest absolute Gasteiger partial charge is 0.457 e. The number of hydrogen-bond donors (Lipinski definition) is 1. The number of anilines is 1. The summed E-state index contributed by atoms with van der Waals surface area (Å²) >= 11 is 0. The maximum atomic E-state index is 5.93. The van der Waals surface area contributed by atoms with E-state index < -0.39 is 0 Å². The van der Waals surface area contributed by atoms with E-state index in [-0.39, 0.29) is 6.04 Å². The van der Waals surface area contributed by atoms with E-state index in [0.29, 0.717) is 5.82 Å². The minimum Gasteiger partial charge on any atom is -0.457 e. The number of fused-ring (bicyclic) bond motifs is 1. The van der Waals surface area contributed by atoms with E-state index >= 15 is 0 Å². The second-order valence-electron chi connectivity index (χ2n) is 8.42. The van der Waals surface area contributed by atoms with Gasteiger partial charge in [-0.1, -0.05) is 60.7 Å². The van der Waals surface area contributed by atoms with Gasteiger partial charge in [-0.3, -0.25) is 0 Å². The fourth-order valence-corrected chi connectivity index (χ4v) is 3.95. The molecular formula is C30H27N3O. The van der Waals surface area contributed by atoms with Crippen LogP contribution in [0.25, 0.3) is 22.3 Å². The molecule has 1 atom stereocenters. The molecule has 0 aliphatic rings. The van der Waals surface area contributed by atoms with E-state index in [9.17, 15) is 0 Å². The van der Waals surface area contributed by atoms with E-state index in [2.05, 4.69) is 48.6 Å². The molecule has 4 aromatic carbocycles. The predicted octanol–water partition coefficient (Wildman–Crippen LogP) is 7.52. The van der Waals surface area contributed by atoms with Gasteiger partial charge in [-0.15, -0.1) is 0 Å². The SMILES string of the molecule is C[C@@H](CCc1ccccc1)Nc1nc(-c2ccc(Oc3ccccc3)cc2)nc2ccccc12. The molecule has 0 bridgehead atoms. The van der Waals surface area contributed by atoms with E-state index in [1.54, 1.807) is 0 Å². The van der Waals surface area contributed by atoms with Crippen molar-refractivity contribution in [1.82, 2.24) is 9.97 Å². The summed E-state index contributed by atoms with van der Waals surface area (Å²) in [6.07, 6.45) is 2.04. The van der Waals surface area contributed by atoms with Gasteiger partial charge in [-0.2, -0.15) is 0 Å². The van der Waals surface area contributed by atoms with Crippen LogP contribution in [0.5, 0.6) is 11.5 Å². The number of aromatic nitrogens is 2. The molecule has 0 fully saturated rings. The first-order valence-corrected chi connectivity index (χ1v) is 11.7. The highest BCUT2D eigenvalue weighted by Gasteiger charge is 2.12. The molecular weight excluding hydrogens is 418 g/mol. The monoisotopic (exact) mass is 445 g/mol. The van der Waals surface area contributed by atoms with Gasteiger partial charge in [0.15, 0.2) is 5.82 Å². The Bertz CT molecular complexity index is 1350. The minimum atomic E-state index is 0.271. The Labute approximate surface area is 200 Å². The molecule has 4 heteroatoms. The number of benzene rings is 4. The highest BCUT2D eigenvalue weighted by molar-refractivity contribution is 5.90. The third-order valence-corrected chi connectivity index (χ3v) is 5.79.